The summed E-state index contributed by atoms with van der Waals surface area (Å²) in [7, 11) is 0. The highest BCUT2D eigenvalue weighted by molar-refractivity contribution is 7.98. The molecule has 4 heteroatoms. The standard InChI is InChI=1S/C12H15FN2S/c1-2-11(15)8-16-7-9-3-4-12(13)10(5-9)6-14/h3-5,11H,2,7-8,15H2,1H3. The highest BCUT2D eigenvalue weighted by atomic mass is 32.2. The lowest BCUT2D eigenvalue weighted by molar-refractivity contribution is 0.623. The quantitative estimate of drug-likeness (QED) is 0.858. The van der Waals surface area contributed by atoms with Crippen molar-refractivity contribution < 1.29 is 4.39 Å². The molecule has 86 valence electrons. The number of nitriles is 1. The number of nitrogens with zero attached hydrogens (tertiary/aromatic N) is 1. The fourth-order valence-electron chi connectivity index (χ4n) is 1.19. The highest BCUT2D eigenvalue weighted by Gasteiger charge is 2.04. The van der Waals surface area contributed by atoms with Crippen LogP contribution in [0.5, 0.6) is 0 Å². The first-order valence-electron chi connectivity index (χ1n) is 5.19. The SMILES string of the molecule is CCC(N)CSCc1ccc(F)c(C#N)c1. The fraction of sp³-hybridized carbons (Fsp3) is 0.417. The minimum absolute atomic E-state index is 0.109. The van der Waals surface area contributed by atoms with Gasteiger partial charge in [0.05, 0.1) is 5.56 Å². The first-order valence-corrected chi connectivity index (χ1v) is 6.34. The van der Waals surface area contributed by atoms with Gasteiger partial charge in [-0.25, -0.2) is 4.39 Å². The largest absolute Gasteiger partial charge is 0.327 e. The second-order valence-electron chi connectivity index (χ2n) is 3.61. The van der Waals surface area contributed by atoms with Gasteiger partial charge in [-0.2, -0.15) is 17.0 Å². The Morgan fingerprint density at radius 2 is 2.31 bits per heavy atom. The third-order valence-electron chi connectivity index (χ3n) is 2.28. The molecule has 0 radical (unpaired) electrons. The Balaban J connectivity index is 2.52. The molecular weight excluding hydrogens is 223 g/mol. The van der Waals surface area contributed by atoms with Crippen LogP contribution in [0.2, 0.25) is 0 Å². The molecule has 0 amide bonds. The molecule has 16 heavy (non-hydrogen) atoms. The number of hydrogen-bond donors (Lipinski definition) is 1. The Morgan fingerprint density at radius 3 is 2.94 bits per heavy atom. The van der Waals surface area contributed by atoms with Gasteiger partial charge in [0.1, 0.15) is 11.9 Å². The smallest absolute Gasteiger partial charge is 0.140 e. The van der Waals surface area contributed by atoms with Crippen LogP contribution in [0, 0.1) is 17.1 Å². The van der Waals surface area contributed by atoms with Crippen molar-refractivity contribution in [3.63, 3.8) is 0 Å². The van der Waals surface area contributed by atoms with Crippen LogP contribution in [0.3, 0.4) is 0 Å². The minimum Gasteiger partial charge on any atom is -0.327 e. The average molecular weight is 238 g/mol. The summed E-state index contributed by atoms with van der Waals surface area (Å²) in [4.78, 5) is 0. The number of rotatable bonds is 5. The van der Waals surface area contributed by atoms with Crippen molar-refractivity contribution in [1.82, 2.24) is 0 Å². The van der Waals surface area contributed by atoms with Gasteiger partial charge >= 0.3 is 0 Å². The van der Waals surface area contributed by atoms with Gasteiger partial charge in [-0.05, 0) is 24.1 Å². The summed E-state index contributed by atoms with van der Waals surface area (Å²) >= 11 is 1.71. The van der Waals surface area contributed by atoms with Gasteiger partial charge in [0.15, 0.2) is 0 Å². The van der Waals surface area contributed by atoms with E-state index in [4.69, 9.17) is 11.0 Å². The van der Waals surface area contributed by atoms with Crippen LogP contribution in [0.25, 0.3) is 0 Å². The number of nitrogens with two attached hydrogens (primary N) is 1. The van der Waals surface area contributed by atoms with Gasteiger partial charge in [0, 0.05) is 17.5 Å². The van der Waals surface area contributed by atoms with Crippen molar-refractivity contribution in [2.45, 2.75) is 25.1 Å². The molecule has 0 aliphatic rings. The second-order valence-corrected chi connectivity index (χ2v) is 4.64. The van der Waals surface area contributed by atoms with Crippen LogP contribution in [-0.2, 0) is 5.75 Å². The van der Waals surface area contributed by atoms with E-state index in [0.717, 1.165) is 23.5 Å². The van der Waals surface area contributed by atoms with E-state index in [1.54, 1.807) is 23.9 Å². The molecule has 1 atom stereocenters. The molecule has 0 saturated carbocycles. The molecule has 2 N–H and O–H groups in total. The van der Waals surface area contributed by atoms with Crippen molar-refractivity contribution >= 4 is 11.8 Å². The van der Waals surface area contributed by atoms with Crippen molar-refractivity contribution in [3.05, 3.63) is 35.1 Å². The molecule has 1 unspecified atom stereocenters. The van der Waals surface area contributed by atoms with E-state index < -0.39 is 5.82 Å². The normalized spacial score (nSPS) is 12.1. The molecule has 0 spiro atoms. The molecule has 0 heterocycles. The molecule has 0 saturated heterocycles. The molecule has 0 fully saturated rings. The zero-order valence-electron chi connectivity index (χ0n) is 9.24. The average Bonchev–Trinajstić information content (AvgIpc) is 2.31. The van der Waals surface area contributed by atoms with Gasteiger partial charge in [-0.15, -0.1) is 0 Å². The van der Waals surface area contributed by atoms with E-state index in [-0.39, 0.29) is 11.6 Å². The van der Waals surface area contributed by atoms with Crippen molar-refractivity contribution in [2.75, 3.05) is 5.75 Å². The summed E-state index contributed by atoms with van der Waals surface area (Å²) in [6, 6.07) is 6.69. The van der Waals surface area contributed by atoms with Gasteiger partial charge in [0.2, 0.25) is 0 Å². The second kappa shape index (κ2) is 6.51. The van der Waals surface area contributed by atoms with Crippen LogP contribution >= 0.6 is 11.8 Å². The van der Waals surface area contributed by atoms with Crippen molar-refractivity contribution in [1.29, 1.82) is 5.26 Å². The van der Waals surface area contributed by atoms with Crippen LogP contribution in [0.15, 0.2) is 18.2 Å². The van der Waals surface area contributed by atoms with Gasteiger partial charge in [0.25, 0.3) is 0 Å². The molecule has 0 aliphatic heterocycles. The summed E-state index contributed by atoms with van der Waals surface area (Å²) in [5.74, 6) is 1.19. The number of hydrogen-bond acceptors (Lipinski definition) is 3. The molecular formula is C12H15FN2S. The zero-order valence-corrected chi connectivity index (χ0v) is 10.1. The van der Waals surface area contributed by atoms with E-state index in [1.165, 1.54) is 6.07 Å². The zero-order chi connectivity index (χ0) is 12.0. The van der Waals surface area contributed by atoms with E-state index in [1.807, 2.05) is 6.07 Å². The maximum atomic E-state index is 13.0. The fourth-order valence-corrected chi connectivity index (χ4v) is 2.27. The minimum atomic E-state index is -0.457. The molecule has 0 bridgehead atoms. The summed E-state index contributed by atoms with van der Waals surface area (Å²) in [5.41, 5.74) is 6.86. The predicted molar refractivity (Wildman–Crippen MR) is 65.5 cm³/mol. The van der Waals surface area contributed by atoms with Gasteiger partial charge in [-0.1, -0.05) is 13.0 Å². The third kappa shape index (κ3) is 3.84. The maximum absolute atomic E-state index is 13.0. The van der Waals surface area contributed by atoms with Crippen LogP contribution < -0.4 is 5.73 Å². The third-order valence-corrected chi connectivity index (χ3v) is 3.48. The molecule has 1 aromatic rings. The highest BCUT2D eigenvalue weighted by Crippen LogP contribution is 2.16. The maximum Gasteiger partial charge on any atom is 0.140 e. The molecule has 1 rings (SSSR count). The predicted octanol–water partition coefficient (Wildman–Crippen LogP) is 2.67. The van der Waals surface area contributed by atoms with Crippen LogP contribution in [0.1, 0.15) is 24.5 Å². The Labute approximate surface area is 99.6 Å². The number of halogens is 1. The van der Waals surface area contributed by atoms with E-state index >= 15 is 0 Å². The first-order chi connectivity index (χ1) is 7.67. The van der Waals surface area contributed by atoms with Crippen LogP contribution in [-0.4, -0.2) is 11.8 Å². The Hall–Kier alpha value is -1.05. The van der Waals surface area contributed by atoms with E-state index in [0.29, 0.717) is 0 Å². The number of benzene rings is 1. The Kier molecular flexibility index (Phi) is 5.30. The topological polar surface area (TPSA) is 49.8 Å². The summed E-state index contributed by atoms with van der Waals surface area (Å²) in [5, 5.41) is 8.68. The lowest BCUT2D eigenvalue weighted by Crippen LogP contribution is -2.21. The van der Waals surface area contributed by atoms with Crippen molar-refractivity contribution in [3.8, 4) is 6.07 Å². The summed E-state index contributed by atoms with van der Waals surface area (Å²) in [6.45, 7) is 2.05. The summed E-state index contributed by atoms with van der Waals surface area (Å²) < 4.78 is 13.0. The van der Waals surface area contributed by atoms with E-state index in [9.17, 15) is 4.39 Å². The van der Waals surface area contributed by atoms with Gasteiger partial charge < -0.3 is 5.73 Å². The Bertz CT molecular complexity index is 387. The molecule has 0 aliphatic carbocycles. The van der Waals surface area contributed by atoms with Crippen molar-refractivity contribution in [2.24, 2.45) is 5.73 Å². The van der Waals surface area contributed by atoms with Gasteiger partial charge in [-0.3, -0.25) is 0 Å². The van der Waals surface area contributed by atoms with E-state index in [2.05, 4.69) is 6.92 Å². The lowest BCUT2D eigenvalue weighted by Gasteiger charge is -2.08. The molecule has 2 nitrogen and oxygen atoms in total. The molecule has 0 aromatic heterocycles. The molecule has 1 aromatic carbocycles. The number of thioether (sulfide) groups is 1. The monoisotopic (exact) mass is 238 g/mol. The lowest BCUT2D eigenvalue weighted by atomic mass is 10.1. The Morgan fingerprint density at radius 1 is 1.56 bits per heavy atom. The first kappa shape index (κ1) is 13.0. The summed E-state index contributed by atoms with van der Waals surface area (Å²) in [6.07, 6.45) is 0.958. The van der Waals surface area contributed by atoms with Crippen LogP contribution in [0.4, 0.5) is 4.39 Å².